The van der Waals surface area contributed by atoms with E-state index in [1.807, 2.05) is 19.1 Å². The van der Waals surface area contributed by atoms with Crippen molar-refractivity contribution < 1.29 is 14.9 Å². The normalized spacial score (nSPS) is 10.2. The van der Waals surface area contributed by atoms with E-state index >= 15 is 0 Å². The lowest BCUT2D eigenvalue weighted by Crippen LogP contribution is -1.95. The highest BCUT2D eigenvalue weighted by atomic mass is 16.5. The maximum Gasteiger partial charge on any atom is 0.161 e. The Morgan fingerprint density at radius 3 is 2.59 bits per heavy atom. The van der Waals surface area contributed by atoms with Crippen LogP contribution in [0, 0.1) is 6.92 Å². The topological polar surface area (TPSA) is 49.7 Å². The van der Waals surface area contributed by atoms with Crippen LogP contribution >= 0.6 is 0 Å². The number of phenolic OH excluding ortho intramolecular Hbond substituents is 2. The molecule has 0 saturated carbocycles. The molecule has 2 N–H and O–H groups in total. The molecule has 0 aliphatic heterocycles. The minimum absolute atomic E-state index is 0.130. The summed E-state index contributed by atoms with van der Waals surface area (Å²) in [5, 5.41) is 18.9. The molecule has 2 aromatic carbocycles. The second kappa shape index (κ2) is 4.78. The van der Waals surface area contributed by atoms with Gasteiger partial charge in [-0.15, -0.1) is 0 Å². The summed E-state index contributed by atoms with van der Waals surface area (Å²) in [4.78, 5) is 0. The number of benzene rings is 2. The maximum absolute atomic E-state index is 9.65. The first-order chi connectivity index (χ1) is 8.15. The van der Waals surface area contributed by atoms with Gasteiger partial charge in [0.05, 0.1) is 0 Å². The van der Waals surface area contributed by atoms with Crippen LogP contribution in [0.5, 0.6) is 17.2 Å². The zero-order chi connectivity index (χ0) is 12.3. The highest BCUT2D eigenvalue weighted by Crippen LogP contribution is 2.27. The summed E-state index contributed by atoms with van der Waals surface area (Å²) < 4.78 is 5.47. The fourth-order valence-corrected chi connectivity index (χ4v) is 1.56. The van der Waals surface area contributed by atoms with Crippen molar-refractivity contribution in [1.29, 1.82) is 0 Å². The highest BCUT2D eigenvalue weighted by molar-refractivity contribution is 5.41. The molecule has 0 saturated heterocycles. The number of aryl methyl sites for hydroxylation is 1. The molecule has 0 atom stereocenters. The van der Waals surface area contributed by atoms with Gasteiger partial charge in [0.15, 0.2) is 11.5 Å². The molecular weight excluding hydrogens is 216 g/mol. The third-order valence-electron chi connectivity index (χ3n) is 2.42. The van der Waals surface area contributed by atoms with Gasteiger partial charge in [-0.05, 0) is 42.3 Å². The summed E-state index contributed by atoms with van der Waals surface area (Å²) in [7, 11) is 0. The second-order valence-corrected chi connectivity index (χ2v) is 3.93. The lowest BCUT2D eigenvalue weighted by atomic mass is 10.2. The van der Waals surface area contributed by atoms with Gasteiger partial charge >= 0.3 is 0 Å². The summed E-state index contributed by atoms with van der Waals surface area (Å²) in [6.45, 7) is 2.21. The van der Waals surface area contributed by atoms with E-state index in [4.69, 9.17) is 4.74 Å². The van der Waals surface area contributed by atoms with E-state index in [0.717, 1.165) is 11.1 Å². The van der Waals surface area contributed by atoms with Crippen molar-refractivity contribution in [3.63, 3.8) is 0 Å². The van der Waals surface area contributed by atoms with Crippen LogP contribution in [0.4, 0.5) is 0 Å². The number of hydrogen-bond donors (Lipinski definition) is 2. The number of aromatic hydroxyl groups is 2. The van der Waals surface area contributed by atoms with Crippen LogP contribution in [0.3, 0.4) is 0 Å². The van der Waals surface area contributed by atoms with Gasteiger partial charge in [-0.2, -0.15) is 0 Å². The van der Waals surface area contributed by atoms with Gasteiger partial charge in [-0.3, -0.25) is 0 Å². The van der Waals surface area contributed by atoms with Crippen LogP contribution in [0.2, 0.25) is 0 Å². The first kappa shape index (κ1) is 11.3. The summed E-state index contributed by atoms with van der Waals surface area (Å²) in [5.74, 6) is 0.781. The minimum Gasteiger partial charge on any atom is -0.508 e. The van der Waals surface area contributed by atoms with Crippen molar-refractivity contribution in [3.8, 4) is 17.2 Å². The highest BCUT2D eigenvalue weighted by Gasteiger charge is 2.03. The molecule has 0 radical (unpaired) electrons. The molecule has 0 bridgehead atoms. The Morgan fingerprint density at radius 2 is 1.88 bits per heavy atom. The molecule has 0 aromatic heterocycles. The first-order valence-corrected chi connectivity index (χ1v) is 5.35. The predicted octanol–water partition coefficient (Wildman–Crippen LogP) is 2.99. The Labute approximate surface area is 99.9 Å². The Hall–Kier alpha value is -2.16. The standard InChI is InChI=1S/C14H14O3/c1-10-5-6-14(13(16)7-10)17-9-11-3-2-4-12(15)8-11/h2-8,15-16H,9H2,1H3. The van der Waals surface area contributed by atoms with E-state index in [9.17, 15) is 10.2 Å². The molecule has 3 nitrogen and oxygen atoms in total. The molecule has 2 aromatic rings. The van der Waals surface area contributed by atoms with Crippen molar-refractivity contribution in [2.24, 2.45) is 0 Å². The fraction of sp³-hybridized carbons (Fsp3) is 0.143. The van der Waals surface area contributed by atoms with Crippen LogP contribution < -0.4 is 4.74 Å². The van der Waals surface area contributed by atoms with E-state index in [0.29, 0.717) is 12.4 Å². The third kappa shape index (κ3) is 2.91. The SMILES string of the molecule is Cc1ccc(OCc2cccc(O)c2)c(O)c1. The van der Waals surface area contributed by atoms with Crippen LogP contribution in [-0.2, 0) is 6.61 Å². The molecule has 88 valence electrons. The Morgan fingerprint density at radius 1 is 1.06 bits per heavy atom. The van der Waals surface area contributed by atoms with Crippen LogP contribution in [-0.4, -0.2) is 10.2 Å². The minimum atomic E-state index is 0.130. The number of ether oxygens (including phenoxy) is 1. The Kier molecular flexibility index (Phi) is 3.19. The molecule has 2 rings (SSSR count). The van der Waals surface area contributed by atoms with Crippen LogP contribution in [0.1, 0.15) is 11.1 Å². The molecule has 0 amide bonds. The Balaban J connectivity index is 2.07. The molecular formula is C14H14O3. The lowest BCUT2D eigenvalue weighted by Gasteiger charge is -2.08. The number of hydrogen-bond acceptors (Lipinski definition) is 3. The molecule has 0 spiro atoms. The van der Waals surface area contributed by atoms with Gasteiger partial charge in [0, 0.05) is 0 Å². The molecule has 0 aliphatic carbocycles. The zero-order valence-electron chi connectivity index (χ0n) is 9.55. The van der Waals surface area contributed by atoms with E-state index in [-0.39, 0.29) is 11.5 Å². The summed E-state index contributed by atoms with van der Waals surface area (Å²) >= 11 is 0. The number of rotatable bonds is 3. The van der Waals surface area contributed by atoms with Gasteiger partial charge in [-0.1, -0.05) is 18.2 Å². The molecule has 0 aliphatic rings. The van der Waals surface area contributed by atoms with Gasteiger partial charge < -0.3 is 14.9 Å². The summed E-state index contributed by atoms with van der Waals surface area (Å²) in [6, 6.07) is 12.1. The monoisotopic (exact) mass is 230 g/mol. The largest absolute Gasteiger partial charge is 0.508 e. The zero-order valence-corrected chi connectivity index (χ0v) is 9.55. The quantitative estimate of drug-likeness (QED) is 0.852. The van der Waals surface area contributed by atoms with E-state index in [1.165, 1.54) is 0 Å². The lowest BCUT2D eigenvalue weighted by molar-refractivity contribution is 0.288. The first-order valence-electron chi connectivity index (χ1n) is 5.35. The fourth-order valence-electron chi connectivity index (χ4n) is 1.56. The average molecular weight is 230 g/mol. The molecule has 0 unspecified atom stereocenters. The smallest absolute Gasteiger partial charge is 0.161 e. The van der Waals surface area contributed by atoms with Crippen molar-refractivity contribution >= 4 is 0 Å². The van der Waals surface area contributed by atoms with E-state index in [1.54, 1.807) is 30.3 Å². The van der Waals surface area contributed by atoms with Crippen molar-refractivity contribution in [2.75, 3.05) is 0 Å². The predicted molar refractivity (Wildman–Crippen MR) is 65.3 cm³/mol. The van der Waals surface area contributed by atoms with E-state index < -0.39 is 0 Å². The summed E-state index contributed by atoms with van der Waals surface area (Å²) in [6.07, 6.45) is 0. The van der Waals surface area contributed by atoms with Crippen molar-refractivity contribution in [2.45, 2.75) is 13.5 Å². The second-order valence-electron chi connectivity index (χ2n) is 3.93. The summed E-state index contributed by atoms with van der Waals surface area (Å²) in [5.41, 5.74) is 1.83. The Bertz CT molecular complexity index is 521. The third-order valence-corrected chi connectivity index (χ3v) is 2.42. The average Bonchev–Trinajstić information content (AvgIpc) is 2.28. The van der Waals surface area contributed by atoms with Gasteiger partial charge in [-0.25, -0.2) is 0 Å². The maximum atomic E-state index is 9.65. The molecule has 0 heterocycles. The van der Waals surface area contributed by atoms with Crippen LogP contribution in [0.25, 0.3) is 0 Å². The van der Waals surface area contributed by atoms with Crippen LogP contribution in [0.15, 0.2) is 42.5 Å². The molecule has 17 heavy (non-hydrogen) atoms. The van der Waals surface area contributed by atoms with Gasteiger partial charge in [0.1, 0.15) is 12.4 Å². The van der Waals surface area contributed by atoms with Crippen molar-refractivity contribution in [3.05, 3.63) is 53.6 Å². The van der Waals surface area contributed by atoms with Crippen molar-refractivity contribution in [1.82, 2.24) is 0 Å². The molecule has 3 heteroatoms. The molecule has 0 fully saturated rings. The number of phenols is 2. The van der Waals surface area contributed by atoms with E-state index in [2.05, 4.69) is 0 Å². The van der Waals surface area contributed by atoms with Gasteiger partial charge in [0.2, 0.25) is 0 Å². The van der Waals surface area contributed by atoms with Gasteiger partial charge in [0.25, 0.3) is 0 Å².